The van der Waals surface area contributed by atoms with Gasteiger partial charge in [0, 0.05) is 0 Å². The Balaban J connectivity index is 2.09. The van der Waals surface area contributed by atoms with E-state index in [9.17, 15) is 0 Å². The van der Waals surface area contributed by atoms with Crippen LogP contribution in [-0.4, -0.2) is 19.7 Å². The van der Waals surface area contributed by atoms with E-state index in [1.807, 2.05) is 0 Å². The van der Waals surface area contributed by atoms with Crippen molar-refractivity contribution in [1.82, 2.24) is 5.32 Å². The molecule has 1 aromatic carbocycles. The van der Waals surface area contributed by atoms with Crippen molar-refractivity contribution < 1.29 is 4.74 Å². The summed E-state index contributed by atoms with van der Waals surface area (Å²) in [6.45, 7) is 12.1. The fraction of sp³-hybridized carbons (Fsp3) is 0.647. The molecular formula is C17H27NO. The lowest BCUT2D eigenvalue weighted by atomic mass is 9.94. The Labute approximate surface area is 117 Å². The zero-order chi connectivity index (χ0) is 13.8. The molecule has 2 rings (SSSR count). The highest BCUT2D eigenvalue weighted by Crippen LogP contribution is 2.34. The van der Waals surface area contributed by atoms with Crippen LogP contribution in [0.3, 0.4) is 0 Å². The number of hydrogen-bond donors (Lipinski definition) is 1. The lowest BCUT2D eigenvalue weighted by Crippen LogP contribution is -2.42. The minimum absolute atomic E-state index is 0.513. The first-order chi connectivity index (χ1) is 9.09. The van der Waals surface area contributed by atoms with Crippen molar-refractivity contribution >= 4 is 0 Å². The molecule has 0 aromatic heterocycles. The van der Waals surface area contributed by atoms with Gasteiger partial charge in [-0.05, 0) is 48.4 Å². The highest BCUT2D eigenvalue weighted by atomic mass is 16.5. The van der Waals surface area contributed by atoms with Gasteiger partial charge in [0.15, 0.2) is 0 Å². The van der Waals surface area contributed by atoms with Crippen molar-refractivity contribution in [1.29, 1.82) is 0 Å². The molecule has 0 radical (unpaired) electrons. The molecule has 1 aliphatic heterocycles. The summed E-state index contributed by atoms with van der Waals surface area (Å²) in [4.78, 5) is 0. The van der Waals surface area contributed by atoms with E-state index in [0.717, 1.165) is 37.8 Å². The van der Waals surface area contributed by atoms with E-state index in [1.165, 1.54) is 11.1 Å². The molecule has 106 valence electrons. The van der Waals surface area contributed by atoms with Crippen LogP contribution in [-0.2, 0) is 0 Å². The van der Waals surface area contributed by atoms with E-state index in [4.69, 9.17) is 4.74 Å². The number of para-hydroxylation sites is 1. The maximum atomic E-state index is 6.17. The molecule has 1 saturated heterocycles. The lowest BCUT2D eigenvalue weighted by Gasteiger charge is -2.27. The molecular weight excluding hydrogens is 234 g/mol. The Morgan fingerprint density at radius 3 is 2.11 bits per heavy atom. The molecule has 2 heteroatoms. The Hall–Kier alpha value is -1.02. The van der Waals surface area contributed by atoms with E-state index >= 15 is 0 Å². The maximum Gasteiger partial charge on any atom is 0.126 e. The van der Waals surface area contributed by atoms with Crippen LogP contribution in [0.5, 0.6) is 5.75 Å². The predicted octanol–water partition coefficient (Wildman–Crippen LogP) is 3.92. The quantitative estimate of drug-likeness (QED) is 0.838. The van der Waals surface area contributed by atoms with Crippen LogP contribution in [0.25, 0.3) is 0 Å². The SMILES string of the molecule is CC(C)c1cccc(C(C)C)c1OCCC1CNC1. The molecule has 0 unspecified atom stereocenters. The molecule has 1 heterocycles. The summed E-state index contributed by atoms with van der Waals surface area (Å²) in [5.41, 5.74) is 2.69. The van der Waals surface area contributed by atoms with Crippen molar-refractivity contribution in [3.05, 3.63) is 29.3 Å². The summed E-state index contributed by atoms with van der Waals surface area (Å²) in [6.07, 6.45) is 1.16. The summed E-state index contributed by atoms with van der Waals surface area (Å²) < 4.78 is 6.17. The molecule has 1 aromatic rings. The van der Waals surface area contributed by atoms with Crippen LogP contribution >= 0.6 is 0 Å². The zero-order valence-corrected chi connectivity index (χ0v) is 12.7. The molecule has 1 aliphatic rings. The third-order valence-electron chi connectivity index (χ3n) is 3.96. The maximum absolute atomic E-state index is 6.17. The van der Waals surface area contributed by atoms with Crippen LogP contribution in [0, 0.1) is 5.92 Å². The van der Waals surface area contributed by atoms with Crippen LogP contribution in [0.2, 0.25) is 0 Å². The molecule has 1 N–H and O–H groups in total. The molecule has 1 fully saturated rings. The van der Waals surface area contributed by atoms with E-state index in [2.05, 4.69) is 51.2 Å². The van der Waals surface area contributed by atoms with E-state index in [0.29, 0.717) is 11.8 Å². The van der Waals surface area contributed by atoms with Crippen molar-refractivity contribution in [2.75, 3.05) is 19.7 Å². The molecule has 0 atom stereocenters. The van der Waals surface area contributed by atoms with Gasteiger partial charge in [0.25, 0.3) is 0 Å². The lowest BCUT2D eigenvalue weighted by molar-refractivity contribution is 0.235. The third-order valence-corrected chi connectivity index (χ3v) is 3.96. The van der Waals surface area contributed by atoms with Crippen molar-refractivity contribution in [2.45, 2.75) is 46.0 Å². The van der Waals surface area contributed by atoms with Gasteiger partial charge in [-0.15, -0.1) is 0 Å². The topological polar surface area (TPSA) is 21.3 Å². The average Bonchev–Trinajstić information content (AvgIpc) is 2.31. The number of rotatable bonds is 6. The van der Waals surface area contributed by atoms with Gasteiger partial charge < -0.3 is 10.1 Å². The summed E-state index contributed by atoms with van der Waals surface area (Å²) in [6, 6.07) is 6.57. The van der Waals surface area contributed by atoms with Gasteiger partial charge in [-0.25, -0.2) is 0 Å². The third kappa shape index (κ3) is 3.50. The monoisotopic (exact) mass is 261 g/mol. The normalized spacial score (nSPS) is 15.9. The molecule has 0 bridgehead atoms. The fourth-order valence-electron chi connectivity index (χ4n) is 2.53. The van der Waals surface area contributed by atoms with Crippen LogP contribution in [0.15, 0.2) is 18.2 Å². The zero-order valence-electron chi connectivity index (χ0n) is 12.7. The van der Waals surface area contributed by atoms with Crippen molar-refractivity contribution in [2.24, 2.45) is 5.92 Å². The van der Waals surface area contributed by atoms with Crippen molar-refractivity contribution in [3.63, 3.8) is 0 Å². The predicted molar refractivity (Wildman–Crippen MR) is 81.1 cm³/mol. The summed E-state index contributed by atoms with van der Waals surface area (Å²) in [5.74, 6) is 2.98. The van der Waals surface area contributed by atoms with Gasteiger partial charge in [-0.3, -0.25) is 0 Å². The van der Waals surface area contributed by atoms with E-state index in [1.54, 1.807) is 0 Å². The Bertz CT molecular complexity index is 381. The van der Waals surface area contributed by atoms with Crippen molar-refractivity contribution in [3.8, 4) is 5.75 Å². The van der Waals surface area contributed by atoms with Crippen LogP contribution < -0.4 is 10.1 Å². The Morgan fingerprint density at radius 2 is 1.68 bits per heavy atom. The van der Waals surface area contributed by atoms with Gasteiger partial charge >= 0.3 is 0 Å². The summed E-state index contributed by atoms with van der Waals surface area (Å²) >= 11 is 0. The highest BCUT2D eigenvalue weighted by Gasteiger charge is 2.18. The number of ether oxygens (including phenoxy) is 1. The van der Waals surface area contributed by atoms with Gasteiger partial charge in [0.05, 0.1) is 6.61 Å². The largest absolute Gasteiger partial charge is 0.493 e. The van der Waals surface area contributed by atoms with Gasteiger partial charge in [0.2, 0.25) is 0 Å². The second-order valence-corrected chi connectivity index (χ2v) is 6.24. The molecule has 0 spiro atoms. The van der Waals surface area contributed by atoms with Gasteiger partial charge in [-0.1, -0.05) is 45.9 Å². The number of hydrogen-bond acceptors (Lipinski definition) is 2. The summed E-state index contributed by atoms with van der Waals surface area (Å²) in [7, 11) is 0. The van der Waals surface area contributed by atoms with E-state index < -0.39 is 0 Å². The first-order valence-electron chi connectivity index (χ1n) is 7.56. The van der Waals surface area contributed by atoms with E-state index in [-0.39, 0.29) is 0 Å². The smallest absolute Gasteiger partial charge is 0.126 e. The fourth-order valence-corrected chi connectivity index (χ4v) is 2.53. The average molecular weight is 261 g/mol. The minimum Gasteiger partial charge on any atom is -0.493 e. The molecule has 0 saturated carbocycles. The van der Waals surface area contributed by atoms with Crippen LogP contribution in [0.1, 0.15) is 57.1 Å². The molecule has 0 aliphatic carbocycles. The molecule has 0 amide bonds. The Morgan fingerprint density at radius 1 is 1.11 bits per heavy atom. The van der Waals surface area contributed by atoms with Gasteiger partial charge in [0.1, 0.15) is 5.75 Å². The molecule has 2 nitrogen and oxygen atoms in total. The number of nitrogens with one attached hydrogen (secondary N) is 1. The number of benzene rings is 1. The summed E-state index contributed by atoms with van der Waals surface area (Å²) in [5, 5.41) is 3.31. The van der Waals surface area contributed by atoms with Gasteiger partial charge in [-0.2, -0.15) is 0 Å². The second-order valence-electron chi connectivity index (χ2n) is 6.24. The standard InChI is InChI=1S/C17H27NO/c1-12(2)15-6-5-7-16(13(3)4)17(15)19-9-8-14-10-18-11-14/h5-7,12-14,18H,8-11H2,1-4H3. The first kappa shape index (κ1) is 14.4. The second kappa shape index (κ2) is 6.42. The first-order valence-corrected chi connectivity index (χ1v) is 7.56. The highest BCUT2D eigenvalue weighted by molar-refractivity contribution is 5.44. The minimum atomic E-state index is 0.513. The van der Waals surface area contributed by atoms with Crippen LogP contribution in [0.4, 0.5) is 0 Å². The Kier molecular flexibility index (Phi) is 4.87. The molecule has 19 heavy (non-hydrogen) atoms.